The van der Waals surface area contributed by atoms with Crippen LogP contribution in [0.5, 0.6) is 5.75 Å². The number of thioether (sulfide) groups is 1. The standard InChI is InChI=1S/C12H9N5O3S/c1-21-12-13-11(16-17-12)15-14-8-9(18)6-4-2-3-5-7(6)20-10(8)19/h2-5,18H,1H3,(H,13,16,17). The average Bonchev–Trinajstić information content (AvgIpc) is 2.95. The monoisotopic (exact) mass is 303 g/mol. The normalized spacial score (nSPS) is 11.5. The highest BCUT2D eigenvalue weighted by molar-refractivity contribution is 7.98. The number of para-hydroxylation sites is 1. The van der Waals surface area contributed by atoms with Gasteiger partial charge in [0, 0.05) is 0 Å². The molecule has 3 aromatic rings. The van der Waals surface area contributed by atoms with E-state index >= 15 is 0 Å². The molecule has 0 unspecified atom stereocenters. The molecule has 0 radical (unpaired) electrons. The summed E-state index contributed by atoms with van der Waals surface area (Å²) in [6.07, 6.45) is 1.81. The summed E-state index contributed by atoms with van der Waals surface area (Å²) in [4.78, 5) is 15.8. The fourth-order valence-electron chi connectivity index (χ4n) is 1.68. The summed E-state index contributed by atoms with van der Waals surface area (Å²) in [7, 11) is 0. The number of nitrogens with one attached hydrogen (secondary N) is 1. The van der Waals surface area contributed by atoms with Crippen LogP contribution in [0.4, 0.5) is 11.6 Å². The molecular weight excluding hydrogens is 294 g/mol. The van der Waals surface area contributed by atoms with E-state index in [9.17, 15) is 9.90 Å². The number of aromatic hydroxyl groups is 1. The van der Waals surface area contributed by atoms with Crippen LogP contribution in [-0.2, 0) is 0 Å². The van der Waals surface area contributed by atoms with Crippen LogP contribution in [-0.4, -0.2) is 26.5 Å². The van der Waals surface area contributed by atoms with Gasteiger partial charge in [-0.3, -0.25) is 0 Å². The summed E-state index contributed by atoms with van der Waals surface area (Å²) >= 11 is 1.33. The molecule has 3 rings (SSSR count). The third-order valence-electron chi connectivity index (χ3n) is 2.64. The molecule has 0 amide bonds. The first-order valence-electron chi connectivity index (χ1n) is 5.82. The molecular formula is C12H9N5O3S. The topological polar surface area (TPSA) is 117 Å². The Morgan fingerprint density at radius 2 is 2.14 bits per heavy atom. The van der Waals surface area contributed by atoms with Gasteiger partial charge in [0.25, 0.3) is 5.95 Å². The molecule has 0 aliphatic carbocycles. The molecule has 0 saturated heterocycles. The lowest BCUT2D eigenvalue weighted by Crippen LogP contribution is -1.98. The van der Waals surface area contributed by atoms with Crippen molar-refractivity contribution in [2.75, 3.05) is 6.26 Å². The van der Waals surface area contributed by atoms with E-state index in [1.54, 1.807) is 24.3 Å². The number of benzene rings is 1. The summed E-state index contributed by atoms with van der Waals surface area (Å²) in [6.45, 7) is 0. The molecule has 0 aliphatic heterocycles. The summed E-state index contributed by atoms with van der Waals surface area (Å²) in [5.41, 5.74) is -0.779. The first-order chi connectivity index (χ1) is 10.2. The fraction of sp³-hybridized carbons (Fsp3) is 0.0833. The zero-order chi connectivity index (χ0) is 14.8. The van der Waals surface area contributed by atoms with E-state index in [2.05, 4.69) is 25.4 Å². The zero-order valence-corrected chi connectivity index (χ0v) is 11.6. The van der Waals surface area contributed by atoms with Gasteiger partial charge in [0.05, 0.1) is 5.39 Å². The molecule has 21 heavy (non-hydrogen) atoms. The van der Waals surface area contributed by atoms with Crippen LogP contribution in [0.2, 0.25) is 0 Å². The third kappa shape index (κ3) is 2.50. The smallest absolute Gasteiger partial charge is 0.368 e. The number of rotatable bonds is 3. The summed E-state index contributed by atoms with van der Waals surface area (Å²) < 4.78 is 5.07. The molecule has 106 valence electrons. The number of hydrogen-bond acceptors (Lipinski definition) is 8. The Morgan fingerprint density at radius 3 is 2.90 bits per heavy atom. The molecule has 9 heteroatoms. The lowest BCUT2D eigenvalue weighted by molar-refractivity contribution is 0.469. The second kappa shape index (κ2) is 5.37. The van der Waals surface area contributed by atoms with Gasteiger partial charge < -0.3 is 9.52 Å². The van der Waals surface area contributed by atoms with Gasteiger partial charge in [-0.05, 0) is 18.4 Å². The predicted molar refractivity (Wildman–Crippen MR) is 76.5 cm³/mol. The minimum atomic E-state index is -0.778. The Morgan fingerprint density at radius 1 is 1.33 bits per heavy atom. The maximum atomic E-state index is 11.8. The van der Waals surface area contributed by atoms with E-state index in [1.807, 2.05) is 6.26 Å². The average molecular weight is 303 g/mol. The molecule has 0 saturated carbocycles. The SMILES string of the molecule is CSc1n[nH]c(N=Nc2c(O)c3ccccc3oc2=O)n1. The second-order valence-electron chi connectivity index (χ2n) is 3.93. The maximum absolute atomic E-state index is 11.8. The van der Waals surface area contributed by atoms with Gasteiger partial charge in [-0.1, -0.05) is 23.9 Å². The van der Waals surface area contributed by atoms with E-state index in [-0.39, 0.29) is 23.0 Å². The summed E-state index contributed by atoms with van der Waals surface area (Å²) in [5.74, 6) is -0.151. The molecule has 0 spiro atoms. The van der Waals surface area contributed by atoms with Crippen molar-refractivity contribution < 1.29 is 9.52 Å². The molecule has 2 aromatic heterocycles. The highest BCUT2D eigenvalue weighted by atomic mass is 32.2. The quantitative estimate of drug-likeness (QED) is 0.436. The molecule has 2 N–H and O–H groups in total. The van der Waals surface area contributed by atoms with Crippen molar-refractivity contribution in [3.8, 4) is 5.75 Å². The van der Waals surface area contributed by atoms with Gasteiger partial charge in [-0.2, -0.15) is 4.98 Å². The van der Waals surface area contributed by atoms with Crippen molar-refractivity contribution in [3.63, 3.8) is 0 Å². The second-order valence-corrected chi connectivity index (χ2v) is 4.70. The Labute approximate surface area is 121 Å². The highest BCUT2D eigenvalue weighted by Gasteiger charge is 2.13. The van der Waals surface area contributed by atoms with Gasteiger partial charge in [-0.15, -0.1) is 15.3 Å². The van der Waals surface area contributed by atoms with E-state index in [0.717, 1.165) is 0 Å². The van der Waals surface area contributed by atoms with Crippen molar-refractivity contribution in [1.82, 2.24) is 15.2 Å². The lowest BCUT2D eigenvalue weighted by atomic mass is 10.2. The van der Waals surface area contributed by atoms with Gasteiger partial charge >= 0.3 is 5.63 Å². The number of aromatic nitrogens is 3. The van der Waals surface area contributed by atoms with Gasteiger partial charge in [-0.25, -0.2) is 9.89 Å². The maximum Gasteiger partial charge on any atom is 0.368 e. The van der Waals surface area contributed by atoms with Gasteiger partial charge in [0.15, 0.2) is 5.75 Å². The summed E-state index contributed by atoms with van der Waals surface area (Å²) in [6, 6.07) is 6.61. The molecule has 0 fully saturated rings. The lowest BCUT2D eigenvalue weighted by Gasteiger charge is -2.00. The van der Waals surface area contributed by atoms with Crippen LogP contribution >= 0.6 is 11.8 Å². The molecule has 0 aliphatic rings. The summed E-state index contributed by atoms with van der Waals surface area (Å²) in [5, 5.41) is 24.8. The van der Waals surface area contributed by atoms with Crippen molar-refractivity contribution in [3.05, 3.63) is 34.7 Å². The van der Waals surface area contributed by atoms with Gasteiger partial charge in [0.1, 0.15) is 5.58 Å². The number of nitrogens with zero attached hydrogens (tertiary/aromatic N) is 4. The van der Waals surface area contributed by atoms with Crippen LogP contribution in [0.3, 0.4) is 0 Å². The van der Waals surface area contributed by atoms with Crippen LogP contribution in [0.1, 0.15) is 0 Å². The zero-order valence-electron chi connectivity index (χ0n) is 10.8. The van der Waals surface area contributed by atoms with Crippen molar-refractivity contribution in [2.24, 2.45) is 10.2 Å². The number of aromatic amines is 1. The van der Waals surface area contributed by atoms with Crippen molar-refractivity contribution >= 4 is 34.4 Å². The minimum absolute atomic E-state index is 0.131. The van der Waals surface area contributed by atoms with Crippen LogP contribution < -0.4 is 5.63 Å². The number of azo groups is 1. The fourth-order valence-corrected chi connectivity index (χ4v) is 2.00. The molecule has 1 aromatic carbocycles. The number of H-pyrrole nitrogens is 1. The van der Waals surface area contributed by atoms with Crippen LogP contribution in [0, 0.1) is 0 Å². The molecule has 8 nitrogen and oxygen atoms in total. The van der Waals surface area contributed by atoms with Crippen LogP contribution in [0.25, 0.3) is 11.0 Å². The third-order valence-corrected chi connectivity index (χ3v) is 3.19. The Bertz CT molecular complexity index is 886. The van der Waals surface area contributed by atoms with Crippen LogP contribution in [0.15, 0.2) is 48.9 Å². The Hall–Kier alpha value is -2.68. The minimum Gasteiger partial charge on any atom is -0.505 e. The highest BCUT2D eigenvalue weighted by Crippen LogP contribution is 2.31. The first-order valence-corrected chi connectivity index (χ1v) is 7.04. The van der Waals surface area contributed by atoms with E-state index in [4.69, 9.17) is 4.42 Å². The molecule has 0 atom stereocenters. The van der Waals surface area contributed by atoms with E-state index < -0.39 is 5.63 Å². The van der Waals surface area contributed by atoms with Crippen molar-refractivity contribution in [2.45, 2.75) is 5.16 Å². The first kappa shape index (κ1) is 13.3. The van der Waals surface area contributed by atoms with Crippen molar-refractivity contribution in [1.29, 1.82) is 0 Å². The Kier molecular flexibility index (Phi) is 3.40. The van der Waals surface area contributed by atoms with Gasteiger partial charge in [0.2, 0.25) is 10.8 Å². The van der Waals surface area contributed by atoms with E-state index in [0.29, 0.717) is 10.5 Å². The Balaban J connectivity index is 2.06. The van der Waals surface area contributed by atoms with E-state index in [1.165, 1.54) is 11.8 Å². The molecule has 0 bridgehead atoms. The number of hydrogen-bond donors (Lipinski definition) is 2. The number of fused-ring (bicyclic) bond motifs is 1. The molecule has 2 heterocycles. The predicted octanol–water partition coefficient (Wildman–Crippen LogP) is 2.75. The largest absolute Gasteiger partial charge is 0.505 e.